The molecule has 0 saturated carbocycles. The fourth-order valence-corrected chi connectivity index (χ4v) is 2.07. The molecule has 0 bridgehead atoms. The minimum atomic E-state index is 0.214. The monoisotopic (exact) mass is 198 g/mol. The zero-order valence-corrected chi connectivity index (χ0v) is 9.55. The molecule has 0 aliphatic carbocycles. The van der Waals surface area contributed by atoms with Crippen molar-refractivity contribution in [3.63, 3.8) is 0 Å². The zero-order chi connectivity index (χ0) is 10.6. The average molecular weight is 198 g/mol. The van der Waals surface area contributed by atoms with Crippen molar-refractivity contribution >= 4 is 5.91 Å². The van der Waals surface area contributed by atoms with Gasteiger partial charge in [-0.15, -0.1) is 0 Å². The van der Waals surface area contributed by atoms with Crippen LogP contribution < -0.4 is 5.32 Å². The summed E-state index contributed by atoms with van der Waals surface area (Å²) >= 11 is 0. The summed E-state index contributed by atoms with van der Waals surface area (Å²) in [5.41, 5.74) is 0. The van der Waals surface area contributed by atoms with Gasteiger partial charge in [0.2, 0.25) is 5.91 Å². The van der Waals surface area contributed by atoms with Crippen LogP contribution in [-0.4, -0.2) is 36.5 Å². The highest BCUT2D eigenvalue weighted by Crippen LogP contribution is 2.14. The van der Waals surface area contributed by atoms with Crippen molar-refractivity contribution in [3.05, 3.63) is 0 Å². The smallest absolute Gasteiger partial charge is 0.227 e. The Labute approximate surface area is 86.9 Å². The third kappa shape index (κ3) is 2.71. The van der Waals surface area contributed by atoms with Crippen molar-refractivity contribution in [2.45, 2.75) is 39.7 Å². The van der Waals surface area contributed by atoms with E-state index in [4.69, 9.17) is 0 Å². The van der Waals surface area contributed by atoms with E-state index < -0.39 is 0 Å². The van der Waals surface area contributed by atoms with Crippen LogP contribution in [0.3, 0.4) is 0 Å². The number of carbonyl (C=O) groups excluding carboxylic acids is 1. The van der Waals surface area contributed by atoms with Gasteiger partial charge in [0.05, 0.1) is 5.92 Å². The molecule has 0 aromatic carbocycles. The number of hydrogen-bond donors (Lipinski definition) is 1. The lowest BCUT2D eigenvalue weighted by Crippen LogP contribution is -2.45. The zero-order valence-electron chi connectivity index (χ0n) is 9.55. The standard InChI is InChI=1S/C11H22N2O/c1-4-13(9(2)3)11(14)10-6-5-7-12-8-10/h9-10,12H,4-8H2,1-3H3/t10-/m0/s1. The molecule has 1 N–H and O–H groups in total. The number of amides is 1. The van der Waals surface area contributed by atoms with E-state index in [0.717, 1.165) is 32.5 Å². The fourth-order valence-electron chi connectivity index (χ4n) is 2.07. The number of nitrogens with zero attached hydrogens (tertiary/aromatic N) is 1. The van der Waals surface area contributed by atoms with Crippen molar-refractivity contribution < 1.29 is 4.79 Å². The van der Waals surface area contributed by atoms with Crippen LogP contribution in [-0.2, 0) is 4.79 Å². The molecular weight excluding hydrogens is 176 g/mol. The van der Waals surface area contributed by atoms with Gasteiger partial charge in [-0.3, -0.25) is 4.79 Å². The number of hydrogen-bond acceptors (Lipinski definition) is 2. The molecule has 0 unspecified atom stereocenters. The molecule has 3 heteroatoms. The normalized spacial score (nSPS) is 22.4. The molecule has 0 spiro atoms. The van der Waals surface area contributed by atoms with Crippen LogP contribution in [0.1, 0.15) is 33.6 Å². The van der Waals surface area contributed by atoms with Crippen LogP contribution in [0.5, 0.6) is 0 Å². The molecule has 1 saturated heterocycles. The predicted molar refractivity (Wildman–Crippen MR) is 58.1 cm³/mol. The van der Waals surface area contributed by atoms with Gasteiger partial charge < -0.3 is 10.2 Å². The van der Waals surface area contributed by atoms with Crippen molar-refractivity contribution in [2.75, 3.05) is 19.6 Å². The maximum atomic E-state index is 12.1. The Balaban J connectivity index is 2.52. The van der Waals surface area contributed by atoms with Crippen molar-refractivity contribution in [2.24, 2.45) is 5.92 Å². The molecule has 82 valence electrons. The Hall–Kier alpha value is -0.570. The van der Waals surface area contributed by atoms with E-state index in [0.29, 0.717) is 11.9 Å². The molecule has 3 nitrogen and oxygen atoms in total. The van der Waals surface area contributed by atoms with Crippen molar-refractivity contribution in [3.8, 4) is 0 Å². The molecule has 0 aromatic heterocycles. The Kier molecular flexibility index (Phi) is 4.39. The van der Waals surface area contributed by atoms with E-state index >= 15 is 0 Å². The molecule has 1 rings (SSSR count). The third-order valence-corrected chi connectivity index (χ3v) is 2.89. The summed E-state index contributed by atoms with van der Waals surface area (Å²) in [6.07, 6.45) is 2.18. The van der Waals surface area contributed by atoms with Gasteiger partial charge in [0.25, 0.3) is 0 Å². The van der Waals surface area contributed by atoms with Gasteiger partial charge in [-0.05, 0) is 40.2 Å². The van der Waals surface area contributed by atoms with E-state index in [1.54, 1.807) is 0 Å². The first kappa shape index (κ1) is 11.5. The molecule has 1 aliphatic rings. The van der Waals surface area contributed by atoms with Gasteiger partial charge in [0.15, 0.2) is 0 Å². The number of carbonyl (C=O) groups is 1. The van der Waals surface area contributed by atoms with Crippen LogP contribution in [0.15, 0.2) is 0 Å². The van der Waals surface area contributed by atoms with E-state index in [1.807, 2.05) is 11.8 Å². The molecule has 1 atom stereocenters. The largest absolute Gasteiger partial charge is 0.340 e. The van der Waals surface area contributed by atoms with Crippen LogP contribution in [0.4, 0.5) is 0 Å². The van der Waals surface area contributed by atoms with E-state index in [9.17, 15) is 4.79 Å². The second kappa shape index (κ2) is 5.35. The van der Waals surface area contributed by atoms with E-state index in [1.165, 1.54) is 0 Å². The maximum absolute atomic E-state index is 12.1. The number of rotatable bonds is 3. The highest BCUT2D eigenvalue weighted by molar-refractivity contribution is 5.79. The van der Waals surface area contributed by atoms with Crippen LogP contribution in [0, 0.1) is 5.92 Å². The first-order valence-corrected chi connectivity index (χ1v) is 5.68. The molecule has 1 heterocycles. The lowest BCUT2D eigenvalue weighted by atomic mass is 9.97. The van der Waals surface area contributed by atoms with Crippen LogP contribution in [0.25, 0.3) is 0 Å². The van der Waals surface area contributed by atoms with Crippen molar-refractivity contribution in [1.29, 1.82) is 0 Å². The fraction of sp³-hybridized carbons (Fsp3) is 0.909. The Bertz CT molecular complexity index is 186. The summed E-state index contributed by atoms with van der Waals surface area (Å²) in [5.74, 6) is 0.542. The summed E-state index contributed by atoms with van der Waals surface area (Å²) in [7, 11) is 0. The first-order valence-electron chi connectivity index (χ1n) is 5.68. The summed E-state index contributed by atoms with van der Waals surface area (Å²) in [5, 5.41) is 3.29. The Morgan fingerprint density at radius 1 is 1.57 bits per heavy atom. The molecule has 14 heavy (non-hydrogen) atoms. The molecule has 0 radical (unpaired) electrons. The first-order chi connectivity index (χ1) is 6.66. The summed E-state index contributed by atoms with van der Waals surface area (Å²) in [6, 6.07) is 0.328. The summed E-state index contributed by atoms with van der Waals surface area (Å²) in [6.45, 7) is 8.97. The maximum Gasteiger partial charge on any atom is 0.227 e. The summed E-state index contributed by atoms with van der Waals surface area (Å²) < 4.78 is 0. The Morgan fingerprint density at radius 3 is 2.71 bits per heavy atom. The minimum absolute atomic E-state index is 0.214. The predicted octanol–water partition coefficient (Wildman–Crippen LogP) is 1.24. The highest BCUT2D eigenvalue weighted by atomic mass is 16.2. The van der Waals surface area contributed by atoms with Crippen LogP contribution in [0.2, 0.25) is 0 Å². The van der Waals surface area contributed by atoms with E-state index in [2.05, 4.69) is 19.2 Å². The van der Waals surface area contributed by atoms with Gasteiger partial charge in [0.1, 0.15) is 0 Å². The number of nitrogens with one attached hydrogen (secondary N) is 1. The lowest BCUT2D eigenvalue weighted by molar-refractivity contribution is -0.137. The molecule has 1 fully saturated rings. The second-order valence-corrected chi connectivity index (χ2v) is 4.26. The van der Waals surface area contributed by atoms with Gasteiger partial charge in [0, 0.05) is 19.1 Å². The second-order valence-electron chi connectivity index (χ2n) is 4.26. The highest BCUT2D eigenvalue weighted by Gasteiger charge is 2.26. The topological polar surface area (TPSA) is 32.3 Å². The van der Waals surface area contributed by atoms with Crippen LogP contribution >= 0.6 is 0 Å². The molecule has 1 aliphatic heterocycles. The number of piperidine rings is 1. The Morgan fingerprint density at radius 2 is 2.29 bits per heavy atom. The lowest BCUT2D eigenvalue weighted by Gasteiger charge is -2.31. The van der Waals surface area contributed by atoms with Gasteiger partial charge in [-0.2, -0.15) is 0 Å². The summed E-state index contributed by atoms with van der Waals surface area (Å²) in [4.78, 5) is 14.0. The third-order valence-electron chi connectivity index (χ3n) is 2.89. The van der Waals surface area contributed by atoms with E-state index in [-0.39, 0.29) is 5.92 Å². The SMILES string of the molecule is CCN(C(=O)[C@H]1CCCNC1)C(C)C. The molecular formula is C11H22N2O. The minimum Gasteiger partial charge on any atom is -0.340 e. The average Bonchev–Trinajstić information content (AvgIpc) is 2.19. The quantitative estimate of drug-likeness (QED) is 0.740. The molecule has 0 aromatic rings. The van der Waals surface area contributed by atoms with Gasteiger partial charge in [-0.1, -0.05) is 0 Å². The van der Waals surface area contributed by atoms with Gasteiger partial charge >= 0.3 is 0 Å². The van der Waals surface area contributed by atoms with Gasteiger partial charge in [-0.25, -0.2) is 0 Å². The molecule has 1 amide bonds. The van der Waals surface area contributed by atoms with Crippen molar-refractivity contribution in [1.82, 2.24) is 10.2 Å².